The van der Waals surface area contributed by atoms with Crippen LogP contribution in [0.25, 0.3) is 0 Å². The molecular formula is C21H21ClN4S. The molecule has 27 heavy (non-hydrogen) atoms. The van der Waals surface area contributed by atoms with Crippen LogP contribution in [0, 0.1) is 13.8 Å². The van der Waals surface area contributed by atoms with Crippen LogP contribution in [0.2, 0.25) is 5.02 Å². The Morgan fingerprint density at radius 2 is 1.85 bits per heavy atom. The number of nitrogens with one attached hydrogen (secondary N) is 1. The first-order valence-electron chi connectivity index (χ1n) is 8.86. The summed E-state index contributed by atoms with van der Waals surface area (Å²) in [5.74, 6) is 0. The summed E-state index contributed by atoms with van der Waals surface area (Å²) in [6.07, 6.45) is 1.82. The summed E-state index contributed by atoms with van der Waals surface area (Å²) in [6, 6.07) is 16.0. The van der Waals surface area contributed by atoms with Crippen molar-refractivity contribution in [2.75, 3.05) is 4.90 Å². The van der Waals surface area contributed by atoms with Crippen LogP contribution in [0.15, 0.2) is 54.7 Å². The Morgan fingerprint density at radius 3 is 2.44 bits per heavy atom. The Balaban J connectivity index is 1.87. The summed E-state index contributed by atoms with van der Waals surface area (Å²) in [6.45, 7) is 4.28. The summed E-state index contributed by atoms with van der Waals surface area (Å²) in [7, 11) is 2.09. The van der Waals surface area contributed by atoms with Crippen molar-refractivity contribution in [2.24, 2.45) is 7.05 Å². The standard InChI is InChI=1S/C21H21ClN4S/c1-13-12-17(14(2)25(13)3)20-19(18-6-4-5-11-23-18)24-21(27)26(20)16-9-7-15(22)8-10-16/h4-12,19-20H,1-3H3,(H,24,27)/t19-,20+/m1/s1. The van der Waals surface area contributed by atoms with E-state index in [0.717, 1.165) is 11.4 Å². The van der Waals surface area contributed by atoms with Crippen LogP contribution >= 0.6 is 23.8 Å². The van der Waals surface area contributed by atoms with Crippen molar-refractivity contribution in [3.63, 3.8) is 0 Å². The molecule has 4 rings (SSSR count). The molecule has 1 fully saturated rings. The van der Waals surface area contributed by atoms with E-state index in [9.17, 15) is 0 Å². The van der Waals surface area contributed by atoms with Gasteiger partial charge in [0.1, 0.15) is 0 Å². The minimum Gasteiger partial charge on any atom is -0.352 e. The van der Waals surface area contributed by atoms with Gasteiger partial charge < -0.3 is 14.8 Å². The van der Waals surface area contributed by atoms with Gasteiger partial charge in [-0.1, -0.05) is 17.7 Å². The monoisotopic (exact) mass is 396 g/mol. The Morgan fingerprint density at radius 1 is 1.11 bits per heavy atom. The van der Waals surface area contributed by atoms with E-state index in [1.807, 2.05) is 48.7 Å². The van der Waals surface area contributed by atoms with Gasteiger partial charge in [-0.25, -0.2) is 0 Å². The van der Waals surface area contributed by atoms with Gasteiger partial charge in [-0.15, -0.1) is 0 Å². The molecule has 1 aliphatic heterocycles. The predicted octanol–water partition coefficient (Wildman–Crippen LogP) is 4.87. The van der Waals surface area contributed by atoms with Crippen LogP contribution in [-0.2, 0) is 7.05 Å². The average Bonchev–Trinajstić information content (AvgIpc) is 3.14. The van der Waals surface area contributed by atoms with E-state index >= 15 is 0 Å². The molecule has 3 aromatic rings. The molecule has 1 aliphatic rings. The third-order valence-electron chi connectivity index (χ3n) is 5.34. The normalized spacial score (nSPS) is 19.4. The van der Waals surface area contributed by atoms with E-state index in [0.29, 0.717) is 10.1 Å². The molecule has 0 unspecified atom stereocenters. The highest BCUT2D eigenvalue weighted by molar-refractivity contribution is 7.80. The predicted molar refractivity (Wildman–Crippen MR) is 114 cm³/mol. The third kappa shape index (κ3) is 3.11. The van der Waals surface area contributed by atoms with Gasteiger partial charge in [-0.05, 0) is 74.1 Å². The highest BCUT2D eigenvalue weighted by Crippen LogP contribution is 2.43. The lowest BCUT2D eigenvalue weighted by Gasteiger charge is -2.28. The molecule has 0 amide bonds. The van der Waals surface area contributed by atoms with Crippen LogP contribution in [0.3, 0.4) is 0 Å². The molecule has 1 aromatic carbocycles. The quantitative estimate of drug-likeness (QED) is 0.640. The molecule has 1 saturated heterocycles. The van der Waals surface area contributed by atoms with Crippen molar-refractivity contribution in [3.8, 4) is 0 Å². The fourth-order valence-corrected chi connectivity index (χ4v) is 4.21. The lowest BCUT2D eigenvalue weighted by Crippen LogP contribution is -2.29. The molecule has 0 radical (unpaired) electrons. The van der Waals surface area contributed by atoms with E-state index in [1.165, 1.54) is 17.0 Å². The minimum absolute atomic E-state index is 0.00785. The van der Waals surface area contributed by atoms with Crippen molar-refractivity contribution in [1.82, 2.24) is 14.9 Å². The summed E-state index contributed by atoms with van der Waals surface area (Å²) in [5.41, 5.74) is 5.68. The second kappa shape index (κ2) is 6.98. The Kier molecular flexibility index (Phi) is 4.66. The number of aryl methyl sites for hydroxylation is 1. The number of benzene rings is 1. The number of aromatic nitrogens is 2. The number of anilines is 1. The Bertz CT molecular complexity index is 981. The van der Waals surface area contributed by atoms with Crippen molar-refractivity contribution in [3.05, 3.63) is 82.4 Å². The topological polar surface area (TPSA) is 33.1 Å². The molecule has 1 N–H and O–H groups in total. The Labute approximate surface area is 169 Å². The SMILES string of the molecule is Cc1cc([C@H]2[C@@H](c3ccccn3)NC(=S)N2c2ccc(Cl)cc2)c(C)n1C. The summed E-state index contributed by atoms with van der Waals surface area (Å²) in [5, 5.41) is 4.89. The molecule has 6 heteroatoms. The minimum atomic E-state index is -0.0325. The van der Waals surface area contributed by atoms with E-state index in [1.54, 1.807) is 0 Å². The second-order valence-electron chi connectivity index (χ2n) is 6.86. The molecule has 0 bridgehead atoms. The maximum atomic E-state index is 6.10. The average molecular weight is 397 g/mol. The number of pyridine rings is 1. The smallest absolute Gasteiger partial charge is 0.174 e. The maximum Gasteiger partial charge on any atom is 0.174 e. The molecule has 0 aliphatic carbocycles. The van der Waals surface area contributed by atoms with E-state index < -0.39 is 0 Å². The highest BCUT2D eigenvalue weighted by atomic mass is 35.5. The molecule has 2 aromatic heterocycles. The molecular weight excluding hydrogens is 376 g/mol. The van der Waals surface area contributed by atoms with Crippen molar-refractivity contribution < 1.29 is 0 Å². The lowest BCUT2D eigenvalue weighted by molar-refractivity contribution is 0.564. The zero-order chi connectivity index (χ0) is 19.1. The number of halogens is 1. The van der Waals surface area contributed by atoms with Crippen LogP contribution < -0.4 is 10.2 Å². The summed E-state index contributed by atoms with van der Waals surface area (Å²) in [4.78, 5) is 6.77. The van der Waals surface area contributed by atoms with Gasteiger partial charge in [0.2, 0.25) is 0 Å². The van der Waals surface area contributed by atoms with Crippen molar-refractivity contribution in [1.29, 1.82) is 0 Å². The van der Waals surface area contributed by atoms with Gasteiger partial charge >= 0.3 is 0 Å². The summed E-state index contributed by atoms with van der Waals surface area (Å²) < 4.78 is 2.21. The van der Waals surface area contributed by atoms with Gasteiger partial charge in [0.25, 0.3) is 0 Å². The van der Waals surface area contributed by atoms with Crippen LogP contribution in [0.4, 0.5) is 5.69 Å². The Hall–Kier alpha value is -2.37. The van der Waals surface area contributed by atoms with Gasteiger partial charge in [-0.3, -0.25) is 4.98 Å². The molecule has 138 valence electrons. The first kappa shape index (κ1) is 18.0. The van der Waals surface area contributed by atoms with Crippen LogP contribution in [-0.4, -0.2) is 14.7 Å². The maximum absolute atomic E-state index is 6.10. The lowest BCUT2D eigenvalue weighted by atomic mass is 9.96. The molecule has 0 spiro atoms. The largest absolute Gasteiger partial charge is 0.352 e. The van der Waals surface area contributed by atoms with Crippen LogP contribution in [0.5, 0.6) is 0 Å². The molecule has 4 nitrogen and oxygen atoms in total. The summed E-state index contributed by atoms with van der Waals surface area (Å²) >= 11 is 11.8. The van der Waals surface area contributed by atoms with E-state index in [4.69, 9.17) is 23.8 Å². The van der Waals surface area contributed by atoms with Gasteiger partial charge in [-0.2, -0.15) is 0 Å². The molecule has 3 heterocycles. The number of hydrogen-bond donors (Lipinski definition) is 1. The molecule has 2 atom stereocenters. The van der Waals surface area contributed by atoms with Crippen molar-refractivity contribution >= 4 is 34.6 Å². The zero-order valence-electron chi connectivity index (χ0n) is 15.5. The number of hydrogen-bond acceptors (Lipinski definition) is 2. The number of rotatable bonds is 3. The number of thiocarbonyl (C=S) groups is 1. The first-order valence-corrected chi connectivity index (χ1v) is 9.65. The number of nitrogens with zero attached hydrogens (tertiary/aromatic N) is 3. The van der Waals surface area contributed by atoms with Gasteiger partial charge in [0.05, 0.1) is 17.8 Å². The van der Waals surface area contributed by atoms with E-state index in [2.05, 4.69) is 46.7 Å². The second-order valence-corrected chi connectivity index (χ2v) is 7.68. The van der Waals surface area contributed by atoms with Crippen LogP contribution in [0.1, 0.15) is 34.7 Å². The van der Waals surface area contributed by atoms with Gasteiger partial charge in [0.15, 0.2) is 5.11 Å². The van der Waals surface area contributed by atoms with Crippen molar-refractivity contribution in [2.45, 2.75) is 25.9 Å². The van der Waals surface area contributed by atoms with Gasteiger partial charge in [0, 0.05) is 35.3 Å². The van der Waals surface area contributed by atoms with E-state index in [-0.39, 0.29) is 12.1 Å². The first-order chi connectivity index (χ1) is 13.0. The zero-order valence-corrected chi connectivity index (χ0v) is 17.1. The molecule has 0 saturated carbocycles. The fraction of sp³-hybridized carbons (Fsp3) is 0.238. The fourth-order valence-electron chi connectivity index (χ4n) is 3.73. The highest BCUT2D eigenvalue weighted by Gasteiger charge is 2.42. The third-order valence-corrected chi connectivity index (χ3v) is 5.90.